The molecule has 0 radical (unpaired) electrons. The highest BCUT2D eigenvalue weighted by Gasteiger charge is 2.27. The van der Waals surface area contributed by atoms with Crippen LogP contribution in [-0.4, -0.2) is 36.9 Å². The molecule has 3 N–H and O–H groups in total. The number of carbonyl (C=O) groups is 2. The van der Waals surface area contributed by atoms with E-state index in [1.54, 1.807) is 32.3 Å². The topological polar surface area (TPSA) is 75.4 Å². The average Bonchev–Trinajstić information content (AvgIpc) is 2.37. The van der Waals surface area contributed by atoms with Crippen LogP contribution in [0.3, 0.4) is 0 Å². The van der Waals surface area contributed by atoms with Gasteiger partial charge in [-0.15, -0.1) is 0 Å². The molecule has 0 saturated carbocycles. The molecule has 0 aliphatic heterocycles. The van der Waals surface area contributed by atoms with Gasteiger partial charge in [0.25, 0.3) is 5.91 Å². The minimum Gasteiger partial charge on any atom is -0.345 e. The molecular weight excluding hydrogens is 290 g/mol. The van der Waals surface area contributed by atoms with Crippen LogP contribution >= 0.6 is 11.6 Å². The highest BCUT2D eigenvalue weighted by Crippen LogP contribution is 2.23. The molecule has 1 aromatic carbocycles. The van der Waals surface area contributed by atoms with Crippen molar-refractivity contribution in [2.45, 2.75) is 26.8 Å². The molecule has 1 aromatic rings. The van der Waals surface area contributed by atoms with E-state index in [9.17, 15) is 9.59 Å². The van der Waals surface area contributed by atoms with Crippen molar-refractivity contribution in [1.29, 1.82) is 0 Å². The number of rotatable bonds is 3. The minimum atomic E-state index is -0.652. The molecule has 0 spiro atoms. The van der Waals surface area contributed by atoms with Crippen molar-refractivity contribution >= 4 is 29.1 Å². The Hall–Kier alpha value is -1.59. The van der Waals surface area contributed by atoms with Gasteiger partial charge in [-0.3, -0.25) is 9.59 Å². The van der Waals surface area contributed by atoms with Crippen LogP contribution in [0, 0.1) is 5.41 Å². The van der Waals surface area contributed by atoms with Crippen molar-refractivity contribution in [3.63, 3.8) is 0 Å². The van der Waals surface area contributed by atoms with Gasteiger partial charge in [0.1, 0.15) is 0 Å². The molecule has 0 aliphatic carbocycles. The van der Waals surface area contributed by atoms with Gasteiger partial charge in [-0.05, 0) is 23.6 Å². The van der Waals surface area contributed by atoms with E-state index >= 15 is 0 Å². The van der Waals surface area contributed by atoms with Crippen molar-refractivity contribution in [3.05, 3.63) is 28.8 Å². The van der Waals surface area contributed by atoms with Gasteiger partial charge in [-0.1, -0.05) is 32.4 Å². The monoisotopic (exact) mass is 311 g/mol. The third kappa shape index (κ3) is 4.44. The largest absolute Gasteiger partial charge is 0.345 e. The molecule has 0 unspecified atom stereocenters. The zero-order valence-corrected chi connectivity index (χ0v) is 13.8. The molecule has 5 nitrogen and oxygen atoms in total. The Morgan fingerprint density at radius 3 is 2.33 bits per heavy atom. The van der Waals surface area contributed by atoms with Crippen molar-refractivity contribution < 1.29 is 9.59 Å². The lowest BCUT2D eigenvalue weighted by molar-refractivity contribution is -0.119. The summed E-state index contributed by atoms with van der Waals surface area (Å²) >= 11 is 6.02. The number of anilines is 1. The van der Waals surface area contributed by atoms with Gasteiger partial charge >= 0.3 is 0 Å². The van der Waals surface area contributed by atoms with E-state index in [4.69, 9.17) is 17.3 Å². The summed E-state index contributed by atoms with van der Waals surface area (Å²) in [4.78, 5) is 25.5. The number of nitrogens with zero attached hydrogens (tertiary/aromatic N) is 1. The number of carbonyl (C=O) groups excluding carboxylic acids is 2. The van der Waals surface area contributed by atoms with Crippen LogP contribution in [0.2, 0.25) is 5.02 Å². The number of nitrogens with two attached hydrogens (primary N) is 1. The van der Waals surface area contributed by atoms with Gasteiger partial charge in [0.2, 0.25) is 5.91 Å². The number of hydrogen-bond donors (Lipinski definition) is 2. The molecule has 1 atom stereocenters. The number of amides is 2. The fourth-order valence-corrected chi connectivity index (χ4v) is 1.82. The summed E-state index contributed by atoms with van der Waals surface area (Å²) in [5, 5.41) is 3.06. The lowest BCUT2D eigenvalue weighted by atomic mass is 9.87. The first-order valence-corrected chi connectivity index (χ1v) is 6.99. The quantitative estimate of drug-likeness (QED) is 0.899. The van der Waals surface area contributed by atoms with Crippen LogP contribution in [-0.2, 0) is 4.79 Å². The summed E-state index contributed by atoms with van der Waals surface area (Å²) in [6.07, 6.45) is 0. The predicted molar refractivity (Wildman–Crippen MR) is 85.5 cm³/mol. The highest BCUT2D eigenvalue weighted by molar-refractivity contribution is 6.34. The lowest BCUT2D eigenvalue weighted by Crippen LogP contribution is -2.45. The molecule has 6 heteroatoms. The van der Waals surface area contributed by atoms with Crippen LogP contribution in [0.15, 0.2) is 18.2 Å². The fourth-order valence-electron chi connectivity index (χ4n) is 1.62. The standard InChI is InChI=1S/C15H22ClN3O2/c1-15(2,3)12(17)13(20)18-9-6-7-11(16)10(8-9)14(21)19(4)5/h6-8,12H,17H2,1-5H3,(H,18,20)/t12-/m0/s1. The average molecular weight is 312 g/mol. The fraction of sp³-hybridized carbons (Fsp3) is 0.467. The first-order valence-electron chi connectivity index (χ1n) is 6.61. The molecule has 0 aromatic heterocycles. The number of benzene rings is 1. The first-order chi connectivity index (χ1) is 9.54. The number of halogens is 1. The summed E-state index contributed by atoms with van der Waals surface area (Å²) in [6.45, 7) is 5.67. The molecule has 0 bridgehead atoms. The zero-order chi connectivity index (χ0) is 16.4. The maximum absolute atomic E-state index is 12.1. The summed E-state index contributed by atoms with van der Waals surface area (Å²) in [6, 6.07) is 4.12. The highest BCUT2D eigenvalue weighted by atomic mass is 35.5. The van der Waals surface area contributed by atoms with Crippen LogP contribution in [0.5, 0.6) is 0 Å². The molecule has 0 fully saturated rings. The second kappa shape index (κ2) is 6.45. The molecular formula is C15H22ClN3O2. The number of hydrogen-bond acceptors (Lipinski definition) is 3. The van der Waals surface area contributed by atoms with E-state index in [0.29, 0.717) is 16.3 Å². The lowest BCUT2D eigenvalue weighted by Gasteiger charge is -2.26. The summed E-state index contributed by atoms with van der Waals surface area (Å²) in [5.74, 6) is -0.524. The van der Waals surface area contributed by atoms with Gasteiger partial charge in [0, 0.05) is 19.8 Å². The summed E-state index contributed by atoms with van der Waals surface area (Å²) in [7, 11) is 3.28. The molecule has 2 amide bonds. The summed E-state index contributed by atoms with van der Waals surface area (Å²) < 4.78 is 0. The van der Waals surface area contributed by atoms with Crippen molar-refractivity contribution in [1.82, 2.24) is 4.90 Å². The Labute approximate surface area is 130 Å². The zero-order valence-electron chi connectivity index (χ0n) is 13.0. The Morgan fingerprint density at radius 1 is 1.29 bits per heavy atom. The van der Waals surface area contributed by atoms with E-state index in [1.807, 2.05) is 20.8 Å². The van der Waals surface area contributed by atoms with Crippen molar-refractivity contribution in [2.24, 2.45) is 11.1 Å². The van der Waals surface area contributed by atoms with E-state index in [2.05, 4.69) is 5.32 Å². The Morgan fingerprint density at radius 2 is 1.86 bits per heavy atom. The molecule has 1 rings (SSSR count). The third-order valence-corrected chi connectivity index (χ3v) is 3.42. The Kier molecular flexibility index (Phi) is 5.36. The Bertz CT molecular complexity index is 550. The molecule has 21 heavy (non-hydrogen) atoms. The van der Waals surface area contributed by atoms with Crippen LogP contribution in [0.1, 0.15) is 31.1 Å². The van der Waals surface area contributed by atoms with Gasteiger partial charge in [0.15, 0.2) is 0 Å². The molecule has 116 valence electrons. The van der Waals surface area contributed by atoms with Crippen LogP contribution in [0.4, 0.5) is 5.69 Å². The van der Waals surface area contributed by atoms with Crippen LogP contribution in [0.25, 0.3) is 0 Å². The van der Waals surface area contributed by atoms with Gasteiger partial charge in [0.05, 0.1) is 16.6 Å². The second-order valence-electron chi connectivity index (χ2n) is 6.23. The summed E-state index contributed by atoms with van der Waals surface area (Å²) in [5.41, 5.74) is 6.39. The van der Waals surface area contributed by atoms with Gasteiger partial charge in [-0.25, -0.2) is 0 Å². The predicted octanol–water partition coefficient (Wildman–Crippen LogP) is 2.35. The smallest absolute Gasteiger partial charge is 0.254 e. The normalized spacial score (nSPS) is 12.7. The third-order valence-electron chi connectivity index (χ3n) is 3.09. The van der Waals surface area contributed by atoms with Crippen molar-refractivity contribution in [3.8, 4) is 0 Å². The van der Waals surface area contributed by atoms with Crippen LogP contribution < -0.4 is 11.1 Å². The number of nitrogens with one attached hydrogen (secondary N) is 1. The molecule has 0 heterocycles. The molecule has 0 aliphatic rings. The minimum absolute atomic E-state index is 0.226. The van der Waals surface area contributed by atoms with E-state index in [1.165, 1.54) is 4.90 Å². The second-order valence-corrected chi connectivity index (χ2v) is 6.63. The maximum Gasteiger partial charge on any atom is 0.254 e. The Balaban J connectivity index is 2.99. The maximum atomic E-state index is 12.1. The van der Waals surface area contributed by atoms with E-state index < -0.39 is 6.04 Å². The van der Waals surface area contributed by atoms with Gasteiger partial charge < -0.3 is 16.0 Å². The first kappa shape index (κ1) is 17.5. The van der Waals surface area contributed by atoms with E-state index in [0.717, 1.165) is 0 Å². The SMILES string of the molecule is CN(C)C(=O)c1cc(NC(=O)[C@H](N)C(C)(C)C)ccc1Cl. The molecule has 0 saturated heterocycles. The van der Waals surface area contributed by atoms with E-state index in [-0.39, 0.29) is 17.2 Å². The van der Waals surface area contributed by atoms with Crippen molar-refractivity contribution in [2.75, 3.05) is 19.4 Å². The van der Waals surface area contributed by atoms with Gasteiger partial charge in [-0.2, -0.15) is 0 Å².